The second-order valence-electron chi connectivity index (χ2n) is 15.9. The maximum Gasteiger partial charge on any atom is 0.243 e. The number of hydrogen-bond donors (Lipinski definition) is 0. The summed E-state index contributed by atoms with van der Waals surface area (Å²) in [5.41, 5.74) is 0.963. The maximum atomic E-state index is 14.2. The third kappa shape index (κ3) is 12.0. The molecule has 0 aliphatic carbocycles. The van der Waals surface area contributed by atoms with Crippen molar-refractivity contribution in [1.82, 2.24) is 4.31 Å². The van der Waals surface area contributed by atoms with E-state index >= 15 is 0 Å². The van der Waals surface area contributed by atoms with Gasteiger partial charge in [-0.15, -0.1) is 0 Å². The van der Waals surface area contributed by atoms with Crippen molar-refractivity contribution in [2.45, 2.75) is 160 Å². The fourth-order valence-electron chi connectivity index (χ4n) is 3.78. The zero-order chi connectivity index (χ0) is 33.7. The van der Waals surface area contributed by atoms with Crippen molar-refractivity contribution in [2.24, 2.45) is 4.40 Å². The van der Waals surface area contributed by atoms with E-state index in [1.54, 1.807) is 22.7 Å². The first-order valence-corrected chi connectivity index (χ1v) is 24.0. The van der Waals surface area contributed by atoms with Crippen LogP contribution in [0.4, 0.5) is 0 Å². The molecule has 0 aliphatic heterocycles. The first-order chi connectivity index (χ1) is 19.2. The van der Waals surface area contributed by atoms with Crippen LogP contribution in [-0.4, -0.2) is 63.6 Å². The van der Waals surface area contributed by atoms with Gasteiger partial charge < -0.3 is 13.4 Å². The molecule has 0 saturated carbocycles. The first-order valence-electron chi connectivity index (χ1n) is 15.6. The molecule has 0 radical (unpaired) electrons. The molecule has 250 valence electrons. The second kappa shape index (κ2) is 15.4. The van der Waals surface area contributed by atoms with Gasteiger partial charge in [0.15, 0.2) is 16.6 Å². The quantitative estimate of drug-likeness (QED) is 0.0803. The first kappa shape index (κ1) is 40.5. The highest BCUT2D eigenvalue weighted by molar-refractivity contribution is 7.91. The standard InChI is InChI=1S/C32H62N2O5S2Si2/c1-26(2)34(41(36,37)29-21-19-27(20-22-29)24-38-42(12,13)31(6,7)8)28(25-39-43(14,15)32(9,10)11)18-16-17-23-33-40(35)30(3,4)5/h19-23,26,28H,16-18,24-25H2,1-15H3/b33-23+/t28-,40-/m0/s1. The van der Waals surface area contributed by atoms with Gasteiger partial charge >= 0.3 is 0 Å². The van der Waals surface area contributed by atoms with E-state index in [1.807, 2.05) is 46.8 Å². The van der Waals surface area contributed by atoms with Crippen LogP contribution in [0.5, 0.6) is 0 Å². The summed E-state index contributed by atoms with van der Waals surface area (Å²) in [5, 5.41) is 0.107. The average Bonchev–Trinajstić information content (AvgIpc) is 2.83. The summed E-state index contributed by atoms with van der Waals surface area (Å²) in [5.74, 6) is 0. The number of unbranched alkanes of at least 4 members (excludes halogenated alkanes) is 1. The van der Waals surface area contributed by atoms with Crippen LogP contribution in [-0.2, 0) is 36.8 Å². The summed E-state index contributed by atoms with van der Waals surface area (Å²) in [7, 11) is -7.85. The van der Waals surface area contributed by atoms with Gasteiger partial charge in [0.25, 0.3) is 0 Å². The molecule has 1 aromatic rings. The van der Waals surface area contributed by atoms with Crippen molar-refractivity contribution in [1.29, 1.82) is 0 Å². The largest absolute Gasteiger partial charge is 0.591 e. The molecule has 1 rings (SSSR count). The molecule has 7 nitrogen and oxygen atoms in total. The Balaban J connectivity index is 3.26. The Morgan fingerprint density at radius 2 is 1.40 bits per heavy atom. The van der Waals surface area contributed by atoms with Crippen LogP contribution in [0.1, 0.15) is 101 Å². The van der Waals surface area contributed by atoms with Gasteiger partial charge in [-0.25, -0.2) is 8.42 Å². The lowest BCUT2D eigenvalue weighted by molar-refractivity contribution is 0.162. The van der Waals surface area contributed by atoms with Crippen LogP contribution < -0.4 is 0 Å². The van der Waals surface area contributed by atoms with E-state index in [4.69, 9.17) is 8.85 Å². The van der Waals surface area contributed by atoms with Crippen LogP contribution >= 0.6 is 0 Å². The van der Waals surface area contributed by atoms with Crippen LogP contribution in [0.15, 0.2) is 33.6 Å². The number of nitrogens with zero attached hydrogens (tertiary/aromatic N) is 2. The average molecular weight is 675 g/mol. The highest BCUT2D eigenvalue weighted by atomic mass is 32.2. The topological polar surface area (TPSA) is 91.3 Å². The van der Waals surface area contributed by atoms with Gasteiger partial charge in [0.1, 0.15) is 16.1 Å². The molecule has 0 bridgehead atoms. The summed E-state index contributed by atoms with van der Waals surface area (Å²) >= 11 is -1.31. The summed E-state index contributed by atoms with van der Waals surface area (Å²) in [6, 6.07) is 6.53. The number of hydrogen-bond acceptors (Lipinski definition) is 6. The molecule has 0 amide bonds. The van der Waals surface area contributed by atoms with E-state index in [-0.39, 0.29) is 27.1 Å². The van der Waals surface area contributed by atoms with Crippen LogP contribution in [0.2, 0.25) is 36.3 Å². The molecule has 0 saturated heterocycles. The SMILES string of the molecule is CC(C)N([C@@H](CCC/C=N/[S@@+]([O-])C(C)(C)C)CO[Si](C)(C)C(C)(C)C)S(=O)(=O)c1ccc(CO[Si](C)(C)C(C)(C)C)cc1. The molecule has 0 fully saturated rings. The Hall–Kier alpha value is -0.536. The van der Waals surface area contributed by atoms with E-state index in [0.717, 1.165) is 5.56 Å². The fourth-order valence-corrected chi connectivity index (χ4v) is 8.18. The lowest BCUT2D eigenvalue weighted by Crippen LogP contribution is -2.50. The van der Waals surface area contributed by atoms with Crippen molar-refractivity contribution in [3.05, 3.63) is 29.8 Å². The molecule has 0 aliphatic rings. The Morgan fingerprint density at radius 1 is 0.907 bits per heavy atom. The number of rotatable bonds is 15. The molecule has 0 unspecified atom stereocenters. The Labute approximate surface area is 270 Å². The van der Waals surface area contributed by atoms with Crippen molar-refractivity contribution < 1.29 is 21.8 Å². The molecular formula is C32H62N2O5S2Si2. The lowest BCUT2D eigenvalue weighted by Gasteiger charge is -2.40. The fraction of sp³-hybridized carbons (Fsp3) is 0.781. The van der Waals surface area contributed by atoms with Crippen molar-refractivity contribution >= 4 is 44.2 Å². The predicted molar refractivity (Wildman–Crippen MR) is 190 cm³/mol. The minimum atomic E-state index is -3.81. The van der Waals surface area contributed by atoms with Crippen LogP contribution in [0.25, 0.3) is 0 Å². The number of sulfonamides is 1. The van der Waals surface area contributed by atoms with E-state index in [9.17, 15) is 13.0 Å². The molecule has 0 aromatic heterocycles. The van der Waals surface area contributed by atoms with E-state index in [0.29, 0.717) is 32.5 Å². The molecule has 0 N–H and O–H groups in total. The van der Waals surface area contributed by atoms with Crippen LogP contribution in [0.3, 0.4) is 0 Å². The van der Waals surface area contributed by atoms with E-state index in [2.05, 4.69) is 72.1 Å². The monoisotopic (exact) mass is 674 g/mol. The smallest absolute Gasteiger partial charge is 0.243 e. The molecule has 0 heterocycles. The summed E-state index contributed by atoms with van der Waals surface area (Å²) in [6.07, 6.45) is 3.65. The van der Waals surface area contributed by atoms with Gasteiger partial charge in [0, 0.05) is 12.1 Å². The van der Waals surface area contributed by atoms with Crippen molar-refractivity contribution in [2.75, 3.05) is 6.61 Å². The summed E-state index contributed by atoms with van der Waals surface area (Å²) in [4.78, 5) is 0.275. The number of benzene rings is 1. The normalized spacial score (nSPS) is 16.0. The molecule has 1 aromatic carbocycles. The highest BCUT2D eigenvalue weighted by Gasteiger charge is 2.40. The Kier molecular flexibility index (Phi) is 14.5. The van der Waals surface area contributed by atoms with E-state index < -0.39 is 42.8 Å². The van der Waals surface area contributed by atoms with Gasteiger partial charge in [-0.3, -0.25) is 0 Å². The second-order valence-corrected chi connectivity index (χ2v) is 29.3. The van der Waals surface area contributed by atoms with Gasteiger partial charge in [-0.2, -0.15) is 4.31 Å². The Morgan fingerprint density at radius 3 is 1.84 bits per heavy atom. The molecule has 0 spiro atoms. The van der Waals surface area contributed by atoms with Crippen molar-refractivity contribution in [3.63, 3.8) is 0 Å². The lowest BCUT2D eigenvalue weighted by atomic mass is 10.1. The highest BCUT2D eigenvalue weighted by Crippen LogP contribution is 2.38. The molecule has 11 heteroatoms. The maximum absolute atomic E-state index is 14.2. The third-order valence-electron chi connectivity index (χ3n) is 8.78. The zero-order valence-electron chi connectivity index (χ0n) is 29.8. The van der Waals surface area contributed by atoms with Gasteiger partial charge in [-0.05, 0) is 108 Å². The summed E-state index contributed by atoms with van der Waals surface area (Å²) < 4.78 is 59.1. The molecular weight excluding hydrogens is 613 g/mol. The molecule has 2 atom stereocenters. The van der Waals surface area contributed by atoms with Gasteiger partial charge in [0.2, 0.25) is 10.0 Å². The minimum Gasteiger partial charge on any atom is -0.591 e. The minimum absolute atomic E-state index is 0.00504. The Bertz CT molecular complexity index is 1130. The molecule has 43 heavy (non-hydrogen) atoms. The van der Waals surface area contributed by atoms with Crippen molar-refractivity contribution in [3.8, 4) is 0 Å². The van der Waals surface area contributed by atoms with E-state index in [1.165, 1.54) is 0 Å². The van der Waals surface area contributed by atoms with Crippen LogP contribution in [0, 0.1) is 0 Å². The third-order valence-corrected chi connectivity index (χ3v) is 21.3. The summed E-state index contributed by atoms with van der Waals surface area (Å²) in [6.45, 7) is 32.3. The zero-order valence-corrected chi connectivity index (χ0v) is 33.5. The van der Waals surface area contributed by atoms with Gasteiger partial charge in [-0.1, -0.05) is 58.1 Å². The van der Waals surface area contributed by atoms with Gasteiger partial charge in [0.05, 0.1) is 24.3 Å². The predicted octanol–water partition coefficient (Wildman–Crippen LogP) is 8.70.